The van der Waals surface area contributed by atoms with Crippen molar-refractivity contribution < 1.29 is 14.2 Å². The van der Waals surface area contributed by atoms with Gasteiger partial charge < -0.3 is 19.5 Å². The second-order valence-corrected chi connectivity index (χ2v) is 6.30. The molecule has 1 fully saturated rings. The third-order valence-electron chi connectivity index (χ3n) is 4.05. The molecule has 118 valence electrons. The number of methoxy groups -OCH3 is 3. The molecule has 0 radical (unpaired) electrons. The second kappa shape index (κ2) is 7.80. The van der Waals surface area contributed by atoms with Gasteiger partial charge in [-0.15, -0.1) is 0 Å². The smallest absolute Gasteiger partial charge is 0.203 e. The highest BCUT2D eigenvalue weighted by molar-refractivity contribution is 7.99. The van der Waals surface area contributed by atoms with E-state index in [1.807, 2.05) is 23.9 Å². The molecular weight excluding hydrogens is 286 g/mol. The molecule has 0 amide bonds. The maximum atomic E-state index is 5.40. The van der Waals surface area contributed by atoms with Crippen LogP contribution in [0.4, 0.5) is 0 Å². The maximum absolute atomic E-state index is 5.40. The van der Waals surface area contributed by atoms with Crippen molar-refractivity contribution >= 4 is 11.8 Å². The first-order valence-corrected chi connectivity index (χ1v) is 8.57. The zero-order chi connectivity index (χ0) is 15.2. The summed E-state index contributed by atoms with van der Waals surface area (Å²) in [5.41, 5.74) is 1.15. The normalized spacial score (nSPS) is 21.3. The number of rotatable bonds is 7. The first-order chi connectivity index (χ1) is 10.2. The summed E-state index contributed by atoms with van der Waals surface area (Å²) >= 11 is 1.97. The third-order valence-corrected chi connectivity index (χ3v) is 5.22. The summed E-state index contributed by atoms with van der Waals surface area (Å²) in [4.78, 5) is 0. The predicted octanol–water partition coefficient (Wildman–Crippen LogP) is 3.09. The van der Waals surface area contributed by atoms with Gasteiger partial charge in [0.1, 0.15) is 0 Å². The third kappa shape index (κ3) is 3.77. The zero-order valence-electron chi connectivity index (χ0n) is 13.3. The summed E-state index contributed by atoms with van der Waals surface area (Å²) in [5, 5.41) is 4.39. The van der Waals surface area contributed by atoms with Crippen LogP contribution in [0.5, 0.6) is 17.2 Å². The molecule has 1 N–H and O–H groups in total. The molecule has 1 aromatic rings. The lowest BCUT2D eigenvalue weighted by Crippen LogP contribution is -2.33. The molecule has 5 heteroatoms. The average molecular weight is 311 g/mol. The largest absolute Gasteiger partial charge is 0.493 e. The van der Waals surface area contributed by atoms with E-state index in [9.17, 15) is 0 Å². The molecule has 0 spiro atoms. The summed E-state index contributed by atoms with van der Waals surface area (Å²) in [7, 11) is 4.92. The van der Waals surface area contributed by atoms with E-state index in [1.165, 1.54) is 19.3 Å². The minimum absolute atomic E-state index is 0.596. The quantitative estimate of drug-likeness (QED) is 0.838. The van der Waals surface area contributed by atoms with Gasteiger partial charge in [-0.25, -0.2) is 0 Å². The Bertz CT molecular complexity index is 442. The molecule has 1 aliphatic rings. The first-order valence-electron chi connectivity index (χ1n) is 7.28. The summed E-state index contributed by atoms with van der Waals surface area (Å²) < 4.78 is 16.1. The minimum Gasteiger partial charge on any atom is -0.493 e. The number of hydrogen-bond acceptors (Lipinski definition) is 5. The Labute approximate surface area is 131 Å². The highest BCUT2D eigenvalue weighted by Crippen LogP contribution is 2.38. The van der Waals surface area contributed by atoms with E-state index in [-0.39, 0.29) is 0 Å². The Hall–Kier alpha value is -1.07. The molecule has 2 atom stereocenters. The van der Waals surface area contributed by atoms with Gasteiger partial charge >= 0.3 is 0 Å². The SMILES string of the molecule is COc1cc(CNC2CCCC2SC)cc(OC)c1OC. The Morgan fingerprint density at radius 1 is 1.10 bits per heavy atom. The van der Waals surface area contributed by atoms with E-state index in [0.29, 0.717) is 23.3 Å². The van der Waals surface area contributed by atoms with Crippen LogP contribution >= 0.6 is 11.8 Å². The Morgan fingerprint density at radius 3 is 2.29 bits per heavy atom. The molecule has 0 aromatic heterocycles. The average Bonchev–Trinajstić information content (AvgIpc) is 2.99. The lowest BCUT2D eigenvalue weighted by Gasteiger charge is -2.20. The second-order valence-electron chi connectivity index (χ2n) is 5.23. The maximum Gasteiger partial charge on any atom is 0.203 e. The van der Waals surface area contributed by atoms with Gasteiger partial charge in [0.15, 0.2) is 11.5 Å². The van der Waals surface area contributed by atoms with Crippen molar-refractivity contribution in [1.82, 2.24) is 5.32 Å². The molecule has 0 heterocycles. The van der Waals surface area contributed by atoms with Gasteiger partial charge in [0.05, 0.1) is 21.3 Å². The van der Waals surface area contributed by atoms with Crippen LogP contribution in [0.3, 0.4) is 0 Å². The summed E-state index contributed by atoms with van der Waals surface area (Å²) in [6.45, 7) is 0.818. The van der Waals surface area contributed by atoms with Crippen molar-refractivity contribution in [3.8, 4) is 17.2 Å². The number of hydrogen-bond donors (Lipinski definition) is 1. The molecule has 1 aromatic carbocycles. The van der Waals surface area contributed by atoms with Gasteiger partial charge in [-0.1, -0.05) is 6.42 Å². The Morgan fingerprint density at radius 2 is 1.76 bits per heavy atom. The van der Waals surface area contributed by atoms with Crippen LogP contribution in [0.25, 0.3) is 0 Å². The Kier molecular flexibility index (Phi) is 6.06. The standard InChI is InChI=1S/C16H25NO3S/c1-18-13-8-11(9-14(19-2)16(13)20-3)10-17-12-6-5-7-15(12)21-4/h8-9,12,15,17H,5-7,10H2,1-4H3. The fraction of sp³-hybridized carbons (Fsp3) is 0.625. The van der Waals surface area contributed by atoms with Gasteiger partial charge in [0.2, 0.25) is 5.75 Å². The molecule has 1 saturated carbocycles. The number of thioether (sulfide) groups is 1. The molecule has 21 heavy (non-hydrogen) atoms. The van der Waals surface area contributed by atoms with Gasteiger partial charge in [-0.2, -0.15) is 11.8 Å². The fourth-order valence-corrected chi connectivity index (χ4v) is 3.89. The van der Waals surface area contributed by atoms with Crippen molar-refractivity contribution in [2.45, 2.75) is 37.1 Å². The van der Waals surface area contributed by atoms with Crippen molar-refractivity contribution in [3.05, 3.63) is 17.7 Å². The monoisotopic (exact) mass is 311 g/mol. The van der Waals surface area contributed by atoms with Crippen molar-refractivity contribution in [1.29, 1.82) is 0 Å². The van der Waals surface area contributed by atoms with Crippen LogP contribution < -0.4 is 19.5 Å². The van der Waals surface area contributed by atoms with Crippen molar-refractivity contribution in [2.75, 3.05) is 27.6 Å². The van der Waals surface area contributed by atoms with Gasteiger partial charge in [-0.3, -0.25) is 0 Å². The van der Waals surface area contributed by atoms with E-state index < -0.39 is 0 Å². The molecule has 0 saturated heterocycles. The predicted molar refractivity (Wildman–Crippen MR) is 87.9 cm³/mol. The fourth-order valence-electron chi connectivity index (χ4n) is 2.93. The highest BCUT2D eigenvalue weighted by Gasteiger charge is 2.26. The molecule has 2 rings (SSSR count). The van der Waals surface area contributed by atoms with Crippen LogP contribution in [0, 0.1) is 0 Å². The molecule has 2 unspecified atom stereocenters. The number of nitrogens with one attached hydrogen (secondary N) is 1. The molecule has 4 nitrogen and oxygen atoms in total. The highest BCUT2D eigenvalue weighted by atomic mass is 32.2. The van der Waals surface area contributed by atoms with Crippen molar-refractivity contribution in [2.24, 2.45) is 0 Å². The molecular formula is C16H25NO3S. The summed E-state index contributed by atoms with van der Waals surface area (Å²) in [6, 6.07) is 4.62. The first kappa shape index (κ1) is 16.3. The van der Waals surface area contributed by atoms with E-state index in [4.69, 9.17) is 14.2 Å². The summed E-state index contributed by atoms with van der Waals surface area (Å²) in [6.07, 6.45) is 6.09. The summed E-state index contributed by atoms with van der Waals surface area (Å²) in [5.74, 6) is 2.06. The van der Waals surface area contributed by atoms with E-state index >= 15 is 0 Å². The van der Waals surface area contributed by atoms with E-state index in [2.05, 4.69) is 11.6 Å². The van der Waals surface area contributed by atoms with Gasteiger partial charge in [0.25, 0.3) is 0 Å². The Balaban J connectivity index is 2.09. The lowest BCUT2D eigenvalue weighted by atomic mass is 10.1. The zero-order valence-corrected chi connectivity index (χ0v) is 14.1. The van der Waals surface area contributed by atoms with Crippen LogP contribution in [0.1, 0.15) is 24.8 Å². The van der Waals surface area contributed by atoms with Crippen LogP contribution in [0.2, 0.25) is 0 Å². The molecule has 0 bridgehead atoms. The van der Waals surface area contributed by atoms with Crippen LogP contribution in [-0.4, -0.2) is 38.9 Å². The van der Waals surface area contributed by atoms with Crippen molar-refractivity contribution in [3.63, 3.8) is 0 Å². The molecule has 0 aliphatic heterocycles. The van der Waals surface area contributed by atoms with Crippen LogP contribution in [-0.2, 0) is 6.54 Å². The van der Waals surface area contributed by atoms with E-state index in [0.717, 1.165) is 17.4 Å². The van der Waals surface area contributed by atoms with E-state index in [1.54, 1.807) is 21.3 Å². The van der Waals surface area contributed by atoms with Crippen LogP contribution in [0.15, 0.2) is 12.1 Å². The van der Waals surface area contributed by atoms with Gasteiger partial charge in [-0.05, 0) is 36.8 Å². The lowest BCUT2D eigenvalue weighted by molar-refractivity contribution is 0.323. The molecule has 1 aliphatic carbocycles. The number of ether oxygens (including phenoxy) is 3. The minimum atomic E-state index is 0.596. The number of benzene rings is 1. The topological polar surface area (TPSA) is 39.7 Å². The van der Waals surface area contributed by atoms with Gasteiger partial charge in [0, 0.05) is 17.8 Å².